The van der Waals surface area contributed by atoms with Gasteiger partial charge in [-0.1, -0.05) is 17.7 Å². The highest BCUT2D eigenvalue weighted by Gasteiger charge is 2.24. The van der Waals surface area contributed by atoms with E-state index in [0.717, 1.165) is 42.9 Å². The van der Waals surface area contributed by atoms with Crippen molar-refractivity contribution in [3.05, 3.63) is 46.8 Å². The number of aryl methyl sites for hydroxylation is 3. The fourth-order valence-corrected chi connectivity index (χ4v) is 4.44. The first-order valence-corrected chi connectivity index (χ1v) is 9.42. The normalized spacial score (nSPS) is 15.7. The van der Waals surface area contributed by atoms with Gasteiger partial charge >= 0.3 is 0 Å². The fourth-order valence-electron chi connectivity index (χ4n) is 3.20. The molecule has 2 aromatic rings. The Morgan fingerprint density at radius 3 is 2.67 bits per heavy atom. The van der Waals surface area contributed by atoms with Crippen LogP contribution in [0.15, 0.2) is 29.2 Å². The van der Waals surface area contributed by atoms with Gasteiger partial charge in [-0.3, -0.25) is 9.89 Å². The maximum absolute atomic E-state index is 12.6. The van der Waals surface area contributed by atoms with Gasteiger partial charge < -0.3 is 4.90 Å². The van der Waals surface area contributed by atoms with Crippen LogP contribution < -0.4 is 0 Å². The second-order valence-electron chi connectivity index (χ2n) is 6.60. The quantitative estimate of drug-likeness (QED) is 0.921. The van der Waals surface area contributed by atoms with Crippen LogP contribution in [0, 0.1) is 20.8 Å². The molecular weight excluding hydrogens is 318 g/mol. The molecule has 0 spiro atoms. The molecule has 24 heavy (non-hydrogen) atoms. The van der Waals surface area contributed by atoms with Crippen molar-refractivity contribution in [3.8, 4) is 0 Å². The van der Waals surface area contributed by atoms with Crippen LogP contribution in [0.3, 0.4) is 0 Å². The molecule has 0 radical (unpaired) electrons. The molecule has 1 N–H and O–H groups in total. The summed E-state index contributed by atoms with van der Waals surface area (Å²) in [5, 5.41) is 7.75. The predicted molar refractivity (Wildman–Crippen MR) is 98.4 cm³/mol. The van der Waals surface area contributed by atoms with Gasteiger partial charge in [0.25, 0.3) is 0 Å². The first-order valence-electron chi connectivity index (χ1n) is 8.54. The van der Waals surface area contributed by atoms with E-state index in [-0.39, 0.29) is 5.91 Å². The second kappa shape index (κ2) is 7.43. The summed E-state index contributed by atoms with van der Waals surface area (Å²) < 4.78 is 0. The number of piperidine rings is 1. The topological polar surface area (TPSA) is 49.0 Å². The summed E-state index contributed by atoms with van der Waals surface area (Å²) >= 11 is 1.95. The van der Waals surface area contributed by atoms with Crippen molar-refractivity contribution in [2.75, 3.05) is 13.1 Å². The lowest BCUT2D eigenvalue weighted by Gasteiger charge is -2.32. The molecule has 1 fully saturated rings. The van der Waals surface area contributed by atoms with Crippen LogP contribution in [0.4, 0.5) is 0 Å². The van der Waals surface area contributed by atoms with Crippen LogP contribution in [0.2, 0.25) is 0 Å². The predicted octanol–water partition coefficient (Wildman–Crippen LogP) is 3.66. The van der Waals surface area contributed by atoms with Crippen molar-refractivity contribution >= 4 is 17.7 Å². The number of aromatic nitrogens is 2. The Labute approximate surface area is 148 Å². The fraction of sp³-hybridized carbons (Fsp3) is 0.474. The summed E-state index contributed by atoms with van der Waals surface area (Å²) in [6, 6.07) is 8.67. The molecule has 0 aliphatic carbocycles. The van der Waals surface area contributed by atoms with Gasteiger partial charge in [-0.25, -0.2) is 0 Å². The highest BCUT2D eigenvalue weighted by Crippen LogP contribution is 2.31. The monoisotopic (exact) mass is 343 g/mol. The number of hydrogen-bond donors (Lipinski definition) is 1. The van der Waals surface area contributed by atoms with E-state index in [0.29, 0.717) is 11.7 Å². The minimum Gasteiger partial charge on any atom is -0.342 e. The van der Waals surface area contributed by atoms with Crippen LogP contribution in [0.25, 0.3) is 0 Å². The lowest BCUT2D eigenvalue weighted by atomic mass is 10.1. The van der Waals surface area contributed by atoms with Crippen molar-refractivity contribution in [1.82, 2.24) is 15.1 Å². The Balaban J connectivity index is 1.52. The molecule has 1 saturated heterocycles. The van der Waals surface area contributed by atoms with Gasteiger partial charge in [-0.15, -0.1) is 11.8 Å². The lowest BCUT2D eigenvalue weighted by molar-refractivity contribution is -0.131. The van der Waals surface area contributed by atoms with E-state index in [1.807, 2.05) is 30.5 Å². The summed E-state index contributed by atoms with van der Waals surface area (Å²) in [6.45, 7) is 7.78. The third-order valence-corrected chi connectivity index (χ3v) is 6.03. The second-order valence-corrected chi connectivity index (χ2v) is 7.98. The third kappa shape index (κ3) is 4.01. The largest absolute Gasteiger partial charge is 0.342 e. The van der Waals surface area contributed by atoms with Gasteiger partial charge in [-0.2, -0.15) is 5.10 Å². The van der Waals surface area contributed by atoms with E-state index in [1.54, 1.807) is 0 Å². The molecule has 1 amide bonds. The van der Waals surface area contributed by atoms with Crippen LogP contribution in [-0.4, -0.2) is 39.3 Å². The van der Waals surface area contributed by atoms with Crippen molar-refractivity contribution in [3.63, 3.8) is 0 Å². The van der Waals surface area contributed by atoms with Crippen LogP contribution in [0.1, 0.15) is 35.4 Å². The number of thioether (sulfide) groups is 1. The van der Waals surface area contributed by atoms with E-state index in [2.05, 4.69) is 41.4 Å². The number of carbonyl (C=O) groups excluding carboxylic acids is 1. The number of rotatable bonds is 4. The maximum Gasteiger partial charge on any atom is 0.227 e. The number of likely N-dealkylation sites (tertiary alicyclic amines) is 1. The molecule has 1 aliphatic heterocycles. The van der Waals surface area contributed by atoms with Gasteiger partial charge in [0.1, 0.15) is 0 Å². The summed E-state index contributed by atoms with van der Waals surface area (Å²) in [5.74, 6) is 0.224. The molecule has 4 nitrogen and oxygen atoms in total. The number of hydrogen-bond acceptors (Lipinski definition) is 3. The maximum atomic E-state index is 12.6. The van der Waals surface area contributed by atoms with Crippen molar-refractivity contribution in [2.45, 2.75) is 50.2 Å². The number of nitrogens with zero attached hydrogens (tertiary/aromatic N) is 2. The number of nitrogens with one attached hydrogen (secondary N) is 1. The van der Waals surface area contributed by atoms with Gasteiger partial charge in [0.15, 0.2) is 0 Å². The highest BCUT2D eigenvalue weighted by atomic mass is 32.2. The first-order chi connectivity index (χ1) is 11.5. The van der Waals surface area contributed by atoms with E-state index in [1.165, 1.54) is 10.5 Å². The van der Waals surface area contributed by atoms with Crippen LogP contribution in [-0.2, 0) is 11.2 Å². The smallest absolute Gasteiger partial charge is 0.227 e. The Morgan fingerprint density at radius 1 is 1.29 bits per heavy atom. The Bertz CT molecular complexity index is 698. The number of benzene rings is 1. The van der Waals surface area contributed by atoms with Crippen LogP contribution >= 0.6 is 11.8 Å². The minimum atomic E-state index is 0.224. The summed E-state index contributed by atoms with van der Waals surface area (Å²) in [4.78, 5) is 15.9. The molecule has 0 saturated carbocycles. The average Bonchev–Trinajstić information content (AvgIpc) is 2.87. The molecule has 1 aliphatic rings. The molecule has 1 aromatic carbocycles. The molecule has 1 aromatic heterocycles. The molecule has 0 unspecified atom stereocenters. The summed E-state index contributed by atoms with van der Waals surface area (Å²) in [5.41, 5.74) is 4.30. The number of carbonyl (C=O) groups is 1. The molecule has 0 bridgehead atoms. The highest BCUT2D eigenvalue weighted by molar-refractivity contribution is 8.00. The standard InChI is InChI=1S/C19H25N3OS/c1-13-5-4-6-17(11-13)24-16-7-9-22(10-8-16)19(23)12-18-14(2)20-21-15(18)3/h4-6,11,16H,7-10,12H2,1-3H3,(H,20,21). The first kappa shape index (κ1) is 17.1. The van der Waals surface area contributed by atoms with E-state index in [4.69, 9.17) is 0 Å². The summed E-state index contributed by atoms with van der Waals surface area (Å²) in [7, 11) is 0. The molecule has 0 atom stereocenters. The van der Waals surface area contributed by atoms with E-state index in [9.17, 15) is 4.79 Å². The molecule has 5 heteroatoms. The number of H-pyrrole nitrogens is 1. The third-order valence-electron chi connectivity index (χ3n) is 4.70. The van der Waals surface area contributed by atoms with Crippen molar-refractivity contribution in [1.29, 1.82) is 0 Å². The minimum absolute atomic E-state index is 0.224. The van der Waals surface area contributed by atoms with Crippen LogP contribution in [0.5, 0.6) is 0 Å². The Morgan fingerprint density at radius 2 is 2.04 bits per heavy atom. The van der Waals surface area contributed by atoms with Gasteiger partial charge in [0.05, 0.1) is 12.1 Å². The zero-order chi connectivity index (χ0) is 17.1. The van der Waals surface area contributed by atoms with E-state index < -0.39 is 0 Å². The van der Waals surface area contributed by atoms with Crippen molar-refractivity contribution in [2.24, 2.45) is 0 Å². The van der Waals surface area contributed by atoms with Gasteiger partial charge in [0.2, 0.25) is 5.91 Å². The summed E-state index contributed by atoms with van der Waals surface area (Å²) in [6.07, 6.45) is 2.59. The Kier molecular flexibility index (Phi) is 5.29. The number of amides is 1. The zero-order valence-electron chi connectivity index (χ0n) is 14.6. The lowest BCUT2D eigenvalue weighted by Crippen LogP contribution is -2.40. The van der Waals surface area contributed by atoms with E-state index >= 15 is 0 Å². The average molecular weight is 343 g/mol. The molecule has 2 heterocycles. The van der Waals surface area contributed by atoms with Crippen molar-refractivity contribution < 1.29 is 4.79 Å². The van der Waals surface area contributed by atoms with Gasteiger partial charge in [-0.05, 0) is 45.7 Å². The van der Waals surface area contributed by atoms with Gasteiger partial charge in [0, 0.05) is 34.5 Å². The molecule has 3 rings (SSSR count). The zero-order valence-corrected chi connectivity index (χ0v) is 15.4. The Hall–Kier alpha value is -1.75. The molecule has 128 valence electrons. The number of aromatic amines is 1. The SMILES string of the molecule is Cc1cccc(SC2CCN(C(=O)Cc3c(C)n[nH]c3C)CC2)c1. The molecular formula is C19H25N3OS.